The van der Waals surface area contributed by atoms with Gasteiger partial charge in [-0.1, -0.05) is 30.3 Å². The first-order valence-corrected chi connectivity index (χ1v) is 7.36. The van der Waals surface area contributed by atoms with Gasteiger partial charge in [-0.15, -0.1) is 0 Å². The number of carbonyl (C=O) groups excluding carboxylic acids is 1. The second-order valence-electron chi connectivity index (χ2n) is 5.30. The SMILES string of the molecule is O=C(NCC1CCCN1)c1cc(-c2ccccc2)ccn1. The largest absolute Gasteiger partial charge is 0.349 e. The maximum absolute atomic E-state index is 12.2. The molecule has 1 aliphatic heterocycles. The van der Waals surface area contributed by atoms with E-state index in [-0.39, 0.29) is 5.91 Å². The molecule has 2 N–H and O–H groups in total. The predicted octanol–water partition coefficient (Wildman–Crippen LogP) is 2.23. The van der Waals surface area contributed by atoms with E-state index in [0.29, 0.717) is 18.3 Å². The van der Waals surface area contributed by atoms with Crippen molar-refractivity contribution in [2.75, 3.05) is 13.1 Å². The Morgan fingerprint density at radius 1 is 1.24 bits per heavy atom. The quantitative estimate of drug-likeness (QED) is 0.903. The van der Waals surface area contributed by atoms with E-state index in [2.05, 4.69) is 15.6 Å². The minimum Gasteiger partial charge on any atom is -0.349 e. The van der Waals surface area contributed by atoms with Gasteiger partial charge in [0.25, 0.3) is 5.91 Å². The lowest BCUT2D eigenvalue weighted by Gasteiger charge is -2.11. The van der Waals surface area contributed by atoms with Gasteiger partial charge in [-0.05, 0) is 42.6 Å². The van der Waals surface area contributed by atoms with Crippen LogP contribution in [0.1, 0.15) is 23.3 Å². The van der Waals surface area contributed by atoms with Crippen LogP contribution in [0.25, 0.3) is 11.1 Å². The number of rotatable bonds is 4. The van der Waals surface area contributed by atoms with Crippen LogP contribution in [-0.4, -0.2) is 30.0 Å². The molecule has 2 aromatic rings. The van der Waals surface area contributed by atoms with Crippen LogP contribution in [0.15, 0.2) is 48.7 Å². The van der Waals surface area contributed by atoms with Gasteiger partial charge in [0.05, 0.1) is 0 Å². The van der Waals surface area contributed by atoms with Crippen LogP contribution in [0.3, 0.4) is 0 Å². The lowest BCUT2D eigenvalue weighted by molar-refractivity contribution is 0.0945. The third-order valence-corrected chi connectivity index (χ3v) is 3.77. The Balaban J connectivity index is 1.69. The lowest BCUT2D eigenvalue weighted by Crippen LogP contribution is -2.37. The van der Waals surface area contributed by atoms with Gasteiger partial charge in [-0.3, -0.25) is 9.78 Å². The second-order valence-corrected chi connectivity index (χ2v) is 5.30. The molecule has 108 valence electrons. The molecule has 2 heterocycles. The molecule has 0 bridgehead atoms. The molecule has 4 heteroatoms. The first-order chi connectivity index (χ1) is 10.3. The Labute approximate surface area is 124 Å². The summed E-state index contributed by atoms with van der Waals surface area (Å²) in [7, 11) is 0. The van der Waals surface area contributed by atoms with Gasteiger partial charge in [0.15, 0.2) is 0 Å². The third kappa shape index (κ3) is 3.47. The molecular weight excluding hydrogens is 262 g/mol. The van der Waals surface area contributed by atoms with Crippen molar-refractivity contribution in [3.05, 3.63) is 54.4 Å². The van der Waals surface area contributed by atoms with E-state index in [9.17, 15) is 4.79 Å². The highest BCUT2D eigenvalue weighted by molar-refractivity contribution is 5.93. The van der Waals surface area contributed by atoms with Crippen LogP contribution in [0.2, 0.25) is 0 Å². The van der Waals surface area contributed by atoms with E-state index < -0.39 is 0 Å². The van der Waals surface area contributed by atoms with E-state index in [1.54, 1.807) is 6.20 Å². The molecule has 0 radical (unpaired) electrons. The van der Waals surface area contributed by atoms with Crippen LogP contribution in [0.5, 0.6) is 0 Å². The second kappa shape index (κ2) is 6.50. The normalized spacial score (nSPS) is 17.6. The Morgan fingerprint density at radius 2 is 2.10 bits per heavy atom. The van der Waals surface area contributed by atoms with E-state index in [0.717, 1.165) is 24.1 Å². The smallest absolute Gasteiger partial charge is 0.269 e. The number of carbonyl (C=O) groups is 1. The molecule has 1 unspecified atom stereocenters. The number of amides is 1. The highest BCUT2D eigenvalue weighted by Gasteiger charge is 2.16. The monoisotopic (exact) mass is 281 g/mol. The zero-order valence-corrected chi connectivity index (χ0v) is 11.9. The third-order valence-electron chi connectivity index (χ3n) is 3.77. The number of benzene rings is 1. The van der Waals surface area contributed by atoms with Crippen molar-refractivity contribution < 1.29 is 4.79 Å². The summed E-state index contributed by atoms with van der Waals surface area (Å²) in [5.74, 6) is -0.110. The fourth-order valence-electron chi connectivity index (χ4n) is 2.60. The number of nitrogens with one attached hydrogen (secondary N) is 2. The van der Waals surface area contributed by atoms with Crippen molar-refractivity contribution in [1.82, 2.24) is 15.6 Å². The molecule has 1 amide bonds. The molecule has 0 aliphatic carbocycles. The predicted molar refractivity (Wildman–Crippen MR) is 83.0 cm³/mol. The number of aromatic nitrogens is 1. The summed E-state index contributed by atoms with van der Waals surface area (Å²) in [6, 6.07) is 14.2. The summed E-state index contributed by atoms with van der Waals surface area (Å²) in [5.41, 5.74) is 2.57. The number of nitrogens with zero attached hydrogens (tertiary/aromatic N) is 1. The van der Waals surface area contributed by atoms with Gasteiger partial charge in [0, 0.05) is 18.8 Å². The van der Waals surface area contributed by atoms with Crippen molar-refractivity contribution in [1.29, 1.82) is 0 Å². The van der Waals surface area contributed by atoms with Gasteiger partial charge in [0.1, 0.15) is 5.69 Å². The van der Waals surface area contributed by atoms with Crippen molar-refractivity contribution >= 4 is 5.91 Å². The first kappa shape index (κ1) is 13.8. The standard InChI is InChI=1S/C17H19N3O/c21-17(20-12-15-7-4-9-18-15)16-11-14(8-10-19-16)13-5-2-1-3-6-13/h1-3,5-6,8,10-11,15,18H,4,7,9,12H2,(H,20,21). The van der Waals surface area contributed by atoms with Crippen molar-refractivity contribution in [3.8, 4) is 11.1 Å². The number of pyridine rings is 1. The van der Waals surface area contributed by atoms with E-state index in [4.69, 9.17) is 0 Å². The Bertz CT molecular complexity index is 606. The van der Waals surface area contributed by atoms with Crippen LogP contribution in [0, 0.1) is 0 Å². The zero-order chi connectivity index (χ0) is 14.5. The van der Waals surface area contributed by atoms with Crippen LogP contribution < -0.4 is 10.6 Å². The van der Waals surface area contributed by atoms with Gasteiger partial charge in [-0.25, -0.2) is 0 Å². The van der Waals surface area contributed by atoms with Gasteiger partial charge in [-0.2, -0.15) is 0 Å². The summed E-state index contributed by atoms with van der Waals surface area (Å²) >= 11 is 0. The van der Waals surface area contributed by atoms with Gasteiger partial charge < -0.3 is 10.6 Å². The highest BCUT2D eigenvalue weighted by Crippen LogP contribution is 2.18. The molecule has 0 saturated carbocycles. The Hall–Kier alpha value is -2.20. The molecule has 1 saturated heterocycles. The average Bonchev–Trinajstić information content (AvgIpc) is 3.07. The fraction of sp³-hybridized carbons (Fsp3) is 0.294. The molecular formula is C17H19N3O. The average molecular weight is 281 g/mol. The van der Waals surface area contributed by atoms with Gasteiger partial charge >= 0.3 is 0 Å². The molecule has 1 aliphatic rings. The van der Waals surface area contributed by atoms with E-state index in [1.807, 2.05) is 42.5 Å². The summed E-state index contributed by atoms with van der Waals surface area (Å²) in [5, 5.41) is 6.32. The van der Waals surface area contributed by atoms with Crippen LogP contribution in [0.4, 0.5) is 0 Å². The highest BCUT2D eigenvalue weighted by atomic mass is 16.1. The maximum Gasteiger partial charge on any atom is 0.269 e. The minimum atomic E-state index is -0.110. The van der Waals surface area contributed by atoms with E-state index >= 15 is 0 Å². The topological polar surface area (TPSA) is 54.0 Å². The molecule has 1 fully saturated rings. The molecule has 21 heavy (non-hydrogen) atoms. The maximum atomic E-state index is 12.2. The minimum absolute atomic E-state index is 0.110. The van der Waals surface area contributed by atoms with E-state index in [1.165, 1.54) is 6.42 Å². The lowest BCUT2D eigenvalue weighted by atomic mass is 10.1. The summed E-state index contributed by atoms with van der Waals surface area (Å²) in [6.45, 7) is 1.71. The molecule has 1 aromatic carbocycles. The molecule has 3 rings (SSSR count). The summed E-state index contributed by atoms with van der Waals surface area (Å²) < 4.78 is 0. The van der Waals surface area contributed by atoms with Crippen LogP contribution >= 0.6 is 0 Å². The first-order valence-electron chi connectivity index (χ1n) is 7.36. The molecule has 4 nitrogen and oxygen atoms in total. The van der Waals surface area contributed by atoms with Crippen molar-refractivity contribution in [2.24, 2.45) is 0 Å². The Kier molecular flexibility index (Phi) is 4.26. The Morgan fingerprint density at radius 3 is 2.86 bits per heavy atom. The number of hydrogen-bond donors (Lipinski definition) is 2. The fourth-order valence-corrected chi connectivity index (χ4v) is 2.60. The summed E-state index contributed by atoms with van der Waals surface area (Å²) in [4.78, 5) is 16.4. The zero-order valence-electron chi connectivity index (χ0n) is 11.9. The molecule has 0 spiro atoms. The van der Waals surface area contributed by atoms with Gasteiger partial charge in [0.2, 0.25) is 0 Å². The molecule has 1 atom stereocenters. The molecule has 1 aromatic heterocycles. The number of hydrogen-bond acceptors (Lipinski definition) is 3. The van der Waals surface area contributed by atoms with Crippen molar-refractivity contribution in [3.63, 3.8) is 0 Å². The van der Waals surface area contributed by atoms with Crippen molar-refractivity contribution in [2.45, 2.75) is 18.9 Å². The summed E-state index contributed by atoms with van der Waals surface area (Å²) in [6.07, 6.45) is 3.99. The van der Waals surface area contributed by atoms with Crippen LogP contribution in [-0.2, 0) is 0 Å².